The maximum absolute atomic E-state index is 13.5. The molecule has 0 fully saturated rings. The minimum atomic E-state index is -0.549. The molecule has 0 radical (unpaired) electrons. The highest BCUT2D eigenvalue weighted by molar-refractivity contribution is 5.46. The smallest absolute Gasteiger partial charge is 0.149 e. The maximum Gasteiger partial charge on any atom is 0.149 e. The van der Waals surface area contributed by atoms with Crippen LogP contribution in [0.3, 0.4) is 0 Å². The molecule has 0 aliphatic carbocycles. The first-order chi connectivity index (χ1) is 9.56. The monoisotopic (exact) mass is 275 g/mol. The summed E-state index contributed by atoms with van der Waals surface area (Å²) in [5.74, 6) is -1.10. The Morgan fingerprint density at radius 1 is 1.05 bits per heavy atom. The van der Waals surface area contributed by atoms with E-state index in [0.717, 1.165) is 12.8 Å². The van der Waals surface area contributed by atoms with Crippen molar-refractivity contribution in [1.29, 1.82) is 0 Å². The molecule has 1 nitrogen and oxygen atoms in total. The second-order valence-electron chi connectivity index (χ2n) is 5.17. The summed E-state index contributed by atoms with van der Waals surface area (Å²) in [4.78, 5) is 0. The summed E-state index contributed by atoms with van der Waals surface area (Å²) < 4.78 is 27.0. The lowest BCUT2D eigenvalue weighted by Gasteiger charge is -2.16. The molecule has 0 heterocycles. The van der Waals surface area contributed by atoms with Crippen LogP contribution in [0.25, 0.3) is 0 Å². The molecule has 0 bridgehead atoms. The summed E-state index contributed by atoms with van der Waals surface area (Å²) in [6.45, 7) is 3.99. The van der Waals surface area contributed by atoms with Crippen molar-refractivity contribution in [1.82, 2.24) is 0 Å². The number of halogens is 2. The Morgan fingerprint density at radius 2 is 1.70 bits per heavy atom. The first kappa shape index (κ1) is 14.5. The largest absolute Gasteiger partial charge is 0.378 e. The van der Waals surface area contributed by atoms with Crippen molar-refractivity contribution in [3.05, 3.63) is 65.2 Å². The van der Waals surface area contributed by atoms with E-state index in [2.05, 4.69) is 30.4 Å². The third-order valence-electron chi connectivity index (χ3n) is 3.30. The van der Waals surface area contributed by atoms with Gasteiger partial charge in [-0.15, -0.1) is 0 Å². The van der Waals surface area contributed by atoms with Gasteiger partial charge >= 0.3 is 0 Å². The fraction of sp³-hybridized carbons (Fsp3) is 0.294. The summed E-state index contributed by atoms with van der Waals surface area (Å²) in [6.07, 6.45) is 1.70. The highest BCUT2D eigenvalue weighted by Gasteiger charge is 2.11. The van der Waals surface area contributed by atoms with Gasteiger partial charge in [-0.1, -0.05) is 35.9 Å². The zero-order chi connectivity index (χ0) is 14.5. The standard InChI is InChI=1S/C17H19F2N/c1-12-5-3-6-14(11-12)10-9-13(2)20-17-15(18)7-4-8-16(17)19/h3-8,11,13,20H,9-10H2,1-2H3. The van der Waals surface area contributed by atoms with Crippen LogP contribution in [0.5, 0.6) is 0 Å². The second-order valence-corrected chi connectivity index (χ2v) is 5.17. The Morgan fingerprint density at radius 3 is 2.35 bits per heavy atom. The van der Waals surface area contributed by atoms with Crippen molar-refractivity contribution in [2.45, 2.75) is 32.7 Å². The molecule has 106 valence electrons. The van der Waals surface area contributed by atoms with Crippen LogP contribution in [0.1, 0.15) is 24.5 Å². The molecule has 0 spiro atoms. The number of hydrogen-bond donors (Lipinski definition) is 1. The molecule has 2 rings (SSSR count). The van der Waals surface area contributed by atoms with Crippen LogP contribution < -0.4 is 5.32 Å². The molecule has 20 heavy (non-hydrogen) atoms. The van der Waals surface area contributed by atoms with Gasteiger partial charge in [0, 0.05) is 6.04 Å². The lowest BCUT2D eigenvalue weighted by molar-refractivity contribution is 0.579. The first-order valence-corrected chi connectivity index (χ1v) is 6.82. The minimum Gasteiger partial charge on any atom is -0.378 e. The van der Waals surface area contributed by atoms with Gasteiger partial charge in [0.1, 0.15) is 17.3 Å². The third kappa shape index (κ3) is 3.80. The maximum atomic E-state index is 13.5. The molecule has 0 aliphatic rings. The molecule has 0 saturated heterocycles. The van der Waals surface area contributed by atoms with Crippen molar-refractivity contribution in [3.63, 3.8) is 0 Å². The van der Waals surface area contributed by atoms with E-state index in [9.17, 15) is 8.78 Å². The fourth-order valence-corrected chi connectivity index (χ4v) is 2.21. The number of anilines is 1. The van der Waals surface area contributed by atoms with Gasteiger partial charge in [-0.25, -0.2) is 8.78 Å². The lowest BCUT2D eigenvalue weighted by Crippen LogP contribution is -2.18. The number of benzene rings is 2. The zero-order valence-corrected chi connectivity index (χ0v) is 11.8. The number of para-hydroxylation sites is 1. The Kier molecular flexibility index (Phi) is 4.72. The Labute approximate surface area is 118 Å². The van der Waals surface area contributed by atoms with E-state index in [4.69, 9.17) is 0 Å². The second kappa shape index (κ2) is 6.51. The van der Waals surface area contributed by atoms with Gasteiger partial charge in [-0.2, -0.15) is 0 Å². The van der Waals surface area contributed by atoms with Gasteiger partial charge in [0.05, 0.1) is 0 Å². The number of hydrogen-bond acceptors (Lipinski definition) is 1. The molecule has 0 amide bonds. The Balaban J connectivity index is 1.94. The Hall–Kier alpha value is -1.90. The summed E-state index contributed by atoms with van der Waals surface area (Å²) in [5, 5.41) is 2.91. The number of aryl methyl sites for hydroxylation is 2. The third-order valence-corrected chi connectivity index (χ3v) is 3.30. The Bertz CT molecular complexity index is 561. The molecule has 1 N–H and O–H groups in total. The zero-order valence-electron chi connectivity index (χ0n) is 11.8. The van der Waals surface area contributed by atoms with E-state index in [1.807, 2.05) is 13.0 Å². The quantitative estimate of drug-likeness (QED) is 0.833. The number of rotatable bonds is 5. The highest BCUT2D eigenvalue weighted by Crippen LogP contribution is 2.20. The van der Waals surface area contributed by atoms with Crippen molar-refractivity contribution in [2.24, 2.45) is 0 Å². The molecule has 1 unspecified atom stereocenters. The molecular weight excluding hydrogens is 256 g/mol. The van der Waals surface area contributed by atoms with E-state index in [1.54, 1.807) is 0 Å². The van der Waals surface area contributed by atoms with E-state index in [-0.39, 0.29) is 11.7 Å². The molecule has 3 heteroatoms. The minimum absolute atomic E-state index is 0.00177. The van der Waals surface area contributed by atoms with Crippen molar-refractivity contribution in [3.8, 4) is 0 Å². The van der Waals surface area contributed by atoms with Gasteiger partial charge < -0.3 is 5.32 Å². The summed E-state index contributed by atoms with van der Waals surface area (Å²) in [6, 6.07) is 12.2. The molecular formula is C17H19F2N. The average Bonchev–Trinajstić information content (AvgIpc) is 2.41. The van der Waals surface area contributed by atoms with Crippen molar-refractivity contribution < 1.29 is 8.78 Å². The summed E-state index contributed by atoms with van der Waals surface area (Å²) >= 11 is 0. The van der Waals surface area contributed by atoms with Gasteiger partial charge in [0.25, 0.3) is 0 Å². The van der Waals surface area contributed by atoms with Gasteiger partial charge in [0.2, 0.25) is 0 Å². The van der Waals surface area contributed by atoms with Crippen LogP contribution in [-0.4, -0.2) is 6.04 Å². The van der Waals surface area contributed by atoms with E-state index in [0.29, 0.717) is 0 Å². The predicted molar refractivity (Wildman–Crippen MR) is 78.9 cm³/mol. The molecule has 0 saturated carbocycles. The molecule has 0 aromatic heterocycles. The lowest BCUT2D eigenvalue weighted by atomic mass is 10.0. The molecule has 2 aromatic carbocycles. The fourth-order valence-electron chi connectivity index (χ4n) is 2.21. The van der Waals surface area contributed by atoms with E-state index >= 15 is 0 Å². The normalized spacial score (nSPS) is 12.2. The van der Waals surface area contributed by atoms with Crippen molar-refractivity contribution >= 4 is 5.69 Å². The van der Waals surface area contributed by atoms with Gasteiger partial charge in [0.15, 0.2) is 0 Å². The molecule has 2 aromatic rings. The van der Waals surface area contributed by atoms with Gasteiger partial charge in [-0.05, 0) is 44.4 Å². The number of nitrogens with one attached hydrogen (secondary N) is 1. The van der Waals surface area contributed by atoms with Crippen LogP contribution in [-0.2, 0) is 6.42 Å². The highest BCUT2D eigenvalue weighted by atomic mass is 19.1. The van der Waals surface area contributed by atoms with E-state index < -0.39 is 11.6 Å². The van der Waals surface area contributed by atoms with Crippen LogP contribution in [0, 0.1) is 18.6 Å². The van der Waals surface area contributed by atoms with E-state index in [1.165, 1.54) is 29.3 Å². The summed E-state index contributed by atoms with van der Waals surface area (Å²) in [5.41, 5.74) is 2.43. The molecule has 0 aliphatic heterocycles. The van der Waals surface area contributed by atoms with Crippen LogP contribution in [0.15, 0.2) is 42.5 Å². The van der Waals surface area contributed by atoms with Crippen LogP contribution >= 0.6 is 0 Å². The molecule has 1 atom stereocenters. The first-order valence-electron chi connectivity index (χ1n) is 6.82. The SMILES string of the molecule is Cc1cccc(CCC(C)Nc2c(F)cccc2F)c1. The topological polar surface area (TPSA) is 12.0 Å². The van der Waals surface area contributed by atoms with Crippen LogP contribution in [0.4, 0.5) is 14.5 Å². The van der Waals surface area contributed by atoms with Gasteiger partial charge in [-0.3, -0.25) is 0 Å². The summed E-state index contributed by atoms with van der Waals surface area (Å²) in [7, 11) is 0. The van der Waals surface area contributed by atoms with Crippen LogP contribution in [0.2, 0.25) is 0 Å². The predicted octanol–water partition coefficient (Wildman–Crippen LogP) is 4.71. The van der Waals surface area contributed by atoms with Crippen molar-refractivity contribution in [2.75, 3.05) is 5.32 Å². The average molecular weight is 275 g/mol.